The minimum atomic E-state index is -0.483. The first-order valence-corrected chi connectivity index (χ1v) is 5.56. The van der Waals surface area contributed by atoms with Gasteiger partial charge in [-0.25, -0.2) is 4.98 Å². The van der Waals surface area contributed by atoms with E-state index in [-0.39, 0.29) is 18.3 Å². The van der Waals surface area contributed by atoms with Crippen LogP contribution in [0.2, 0.25) is 0 Å². The minimum Gasteiger partial charge on any atom is -0.320 e. The Labute approximate surface area is 98.7 Å². The van der Waals surface area contributed by atoms with Crippen molar-refractivity contribution in [3.05, 3.63) is 11.1 Å². The lowest BCUT2D eigenvalue weighted by Gasteiger charge is -2.03. The van der Waals surface area contributed by atoms with Gasteiger partial charge in [-0.15, -0.1) is 23.7 Å². The summed E-state index contributed by atoms with van der Waals surface area (Å²) in [5, 5.41) is 5.36. The zero-order valence-corrected chi connectivity index (χ0v) is 10.0. The number of nitrogens with one attached hydrogen (secondary N) is 1. The fraction of sp³-hybridized carbons (Fsp3) is 0.556. The third-order valence-corrected chi connectivity index (χ3v) is 2.94. The number of nitrogens with zero attached hydrogens (tertiary/aromatic N) is 1. The van der Waals surface area contributed by atoms with Crippen molar-refractivity contribution in [1.82, 2.24) is 4.98 Å². The molecule has 1 amide bonds. The van der Waals surface area contributed by atoms with Gasteiger partial charge in [-0.05, 0) is 19.8 Å². The van der Waals surface area contributed by atoms with Crippen molar-refractivity contribution < 1.29 is 4.79 Å². The van der Waals surface area contributed by atoms with Crippen molar-refractivity contribution in [2.75, 3.05) is 5.32 Å². The molecule has 84 valence electrons. The molecule has 3 N–H and O–H groups in total. The number of amides is 1. The second-order valence-corrected chi connectivity index (χ2v) is 4.49. The van der Waals surface area contributed by atoms with Gasteiger partial charge in [0.05, 0.1) is 11.7 Å². The first kappa shape index (κ1) is 12.4. The van der Waals surface area contributed by atoms with Crippen molar-refractivity contribution in [2.45, 2.75) is 31.7 Å². The molecule has 0 radical (unpaired) electrons. The van der Waals surface area contributed by atoms with Crippen molar-refractivity contribution >= 4 is 34.8 Å². The summed E-state index contributed by atoms with van der Waals surface area (Å²) in [7, 11) is 0. The Balaban J connectivity index is 0.00000112. The van der Waals surface area contributed by atoms with Crippen LogP contribution in [0.4, 0.5) is 5.13 Å². The van der Waals surface area contributed by atoms with Crippen LogP contribution in [0.3, 0.4) is 0 Å². The molecule has 0 saturated heterocycles. The number of rotatable bonds is 3. The summed E-state index contributed by atoms with van der Waals surface area (Å²) in [5.74, 6) is 0.453. The highest BCUT2D eigenvalue weighted by Crippen LogP contribution is 2.40. The Bertz CT molecular complexity index is 349. The van der Waals surface area contributed by atoms with Gasteiger partial charge in [0.15, 0.2) is 5.13 Å². The van der Waals surface area contributed by atoms with Crippen LogP contribution >= 0.6 is 23.7 Å². The summed E-state index contributed by atoms with van der Waals surface area (Å²) in [6, 6.07) is -0.483. The average molecular weight is 248 g/mol. The number of hydrogen-bond acceptors (Lipinski definition) is 4. The van der Waals surface area contributed by atoms with E-state index in [2.05, 4.69) is 10.3 Å². The van der Waals surface area contributed by atoms with Gasteiger partial charge in [0.2, 0.25) is 5.91 Å². The Morgan fingerprint density at radius 2 is 2.40 bits per heavy atom. The molecule has 0 spiro atoms. The molecule has 0 bridgehead atoms. The van der Waals surface area contributed by atoms with Gasteiger partial charge in [-0.2, -0.15) is 0 Å². The van der Waals surface area contributed by atoms with Gasteiger partial charge >= 0.3 is 0 Å². The van der Waals surface area contributed by atoms with Gasteiger partial charge in [0, 0.05) is 11.3 Å². The minimum absolute atomic E-state index is 0. The van der Waals surface area contributed by atoms with E-state index in [9.17, 15) is 4.79 Å². The molecule has 0 aromatic carbocycles. The molecule has 4 nitrogen and oxygen atoms in total. The monoisotopic (exact) mass is 247 g/mol. The molecule has 0 aliphatic heterocycles. The molecule has 1 aromatic heterocycles. The third kappa shape index (κ3) is 3.15. The molecule has 1 aliphatic carbocycles. The fourth-order valence-electron chi connectivity index (χ4n) is 1.13. The molecule has 1 aromatic rings. The van der Waals surface area contributed by atoms with Crippen molar-refractivity contribution in [1.29, 1.82) is 0 Å². The second-order valence-electron chi connectivity index (χ2n) is 3.63. The zero-order chi connectivity index (χ0) is 10.1. The molecule has 2 rings (SSSR count). The first-order chi connectivity index (χ1) is 6.66. The van der Waals surface area contributed by atoms with Crippen molar-refractivity contribution in [3.8, 4) is 0 Å². The van der Waals surface area contributed by atoms with E-state index >= 15 is 0 Å². The first-order valence-electron chi connectivity index (χ1n) is 4.68. The van der Waals surface area contributed by atoms with Crippen LogP contribution in [0.5, 0.6) is 0 Å². The summed E-state index contributed by atoms with van der Waals surface area (Å²) in [6.07, 6.45) is 2.45. The van der Waals surface area contributed by atoms with Crippen LogP contribution in [0.1, 0.15) is 31.4 Å². The van der Waals surface area contributed by atoms with Crippen LogP contribution in [0, 0.1) is 0 Å². The highest BCUT2D eigenvalue weighted by Gasteiger charge is 2.26. The van der Waals surface area contributed by atoms with Crippen molar-refractivity contribution in [3.63, 3.8) is 0 Å². The number of thiazole rings is 1. The number of aromatic nitrogens is 1. The largest absolute Gasteiger partial charge is 0.320 e. The predicted octanol–water partition coefficient (Wildman–Crippen LogP) is 1.73. The zero-order valence-electron chi connectivity index (χ0n) is 8.40. The van der Waals surface area contributed by atoms with Crippen molar-refractivity contribution in [2.24, 2.45) is 5.73 Å². The molecule has 1 atom stereocenters. The maximum Gasteiger partial charge on any atom is 0.242 e. The molecular weight excluding hydrogens is 234 g/mol. The second kappa shape index (κ2) is 4.92. The molecule has 1 fully saturated rings. The summed E-state index contributed by atoms with van der Waals surface area (Å²) in [5.41, 5.74) is 6.53. The van der Waals surface area contributed by atoms with E-state index in [1.165, 1.54) is 24.2 Å². The summed E-state index contributed by atoms with van der Waals surface area (Å²) >= 11 is 1.46. The number of carbonyl (C=O) groups is 1. The number of hydrogen-bond donors (Lipinski definition) is 2. The van der Waals surface area contributed by atoms with E-state index in [1.54, 1.807) is 6.92 Å². The number of halogens is 1. The van der Waals surface area contributed by atoms with Gasteiger partial charge in [-0.1, -0.05) is 0 Å². The summed E-state index contributed by atoms with van der Waals surface area (Å²) in [4.78, 5) is 15.6. The molecule has 6 heteroatoms. The maximum atomic E-state index is 11.2. The van der Waals surface area contributed by atoms with Crippen LogP contribution in [-0.2, 0) is 4.79 Å². The fourth-order valence-corrected chi connectivity index (χ4v) is 1.92. The highest BCUT2D eigenvalue weighted by atomic mass is 35.5. The van der Waals surface area contributed by atoms with E-state index < -0.39 is 6.04 Å². The highest BCUT2D eigenvalue weighted by molar-refractivity contribution is 7.13. The molecule has 1 heterocycles. The lowest BCUT2D eigenvalue weighted by molar-refractivity contribution is -0.117. The average Bonchev–Trinajstić information content (AvgIpc) is 2.88. The summed E-state index contributed by atoms with van der Waals surface area (Å²) in [6.45, 7) is 1.66. The van der Waals surface area contributed by atoms with Crippen LogP contribution in [0.25, 0.3) is 0 Å². The van der Waals surface area contributed by atoms with Gasteiger partial charge in [0.25, 0.3) is 0 Å². The summed E-state index contributed by atoms with van der Waals surface area (Å²) < 4.78 is 0. The lowest BCUT2D eigenvalue weighted by Crippen LogP contribution is -2.32. The van der Waals surface area contributed by atoms with E-state index in [1.807, 2.05) is 5.38 Å². The normalized spacial score (nSPS) is 16.7. The molecule has 1 aliphatic rings. The van der Waals surface area contributed by atoms with Gasteiger partial charge < -0.3 is 11.1 Å². The predicted molar refractivity (Wildman–Crippen MR) is 63.6 cm³/mol. The Morgan fingerprint density at radius 1 is 1.73 bits per heavy atom. The molecule has 15 heavy (non-hydrogen) atoms. The standard InChI is InChI=1S/C9H13N3OS.ClH/c1-5(10)8(13)12-9-11-7(4-14-9)6-2-3-6;/h4-6H,2-3,10H2,1H3,(H,11,12,13);1H/t5-;/m0./s1. The quantitative estimate of drug-likeness (QED) is 0.855. The molecular formula is C9H14ClN3OS. The van der Waals surface area contributed by atoms with Gasteiger partial charge in [0.1, 0.15) is 0 Å². The Hall–Kier alpha value is -0.650. The molecule has 1 saturated carbocycles. The number of nitrogens with two attached hydrogens (primary N) is 1. The topological polar surface area (TPSA) is 68.0 Å². The maximum absolute atomic E-state index is 11.2. The molecule has 0 unspecified atom stereocenters. The van der Waals surface area contributed by atoms with Crippen LogP contribution < -0.4 is 11.1 Å². The van der Waals surface area contributed by atoms with E-state index in [0.717, 1.165) is 5.69 Å². The van der Waals surface area contributed by atoms with E-state index in [0.29, 0.717) is 11.0 Å². The van der Waals surface area contributed by atoms with E-state index in [4.69, 9.17) is 5.73 Å². The Kier molecular flexibility index (Phi) is 4.07. The van der Waals surface area contributed by atoms with Gasteiger partial charge in [-0.3, -0.25) is 4.79 Å². The smallest absolute Gasteiger partial charge is 0.242 e. The van der Waals surface area contributed by atoms with Crippen LogP contribution in [0.15, 0.2) is 5.38 Å². The number of carbonyl (C=O) groups excluding carboxylic acids is 1. The Morgan fingerprint density at radius 3 is 2.93 bits per heavy atom. The van der Waals surface area contributed by atoms with Crippen LogP contribution in [-0.4, -0.2) is 16.9 Å². The SMILES string of the molecule is C[C@H](N)C(=O)Nc1nc(C2CC2)cs1.Cl. The number of anilines is 1. The third-order valence-electron chi connectivity index (χ3n) is 2.16. The lowest BCUT2D eigenvalue weighted by atomic mass is 10.3.